The first-order valence-corrected chi connectivity index (χ1v) is 3.68. The van der Waals surface area contributed by atoms with Crippen molar-refractivity contribution in [3.8, 4) is 0 Å². The van der Waals surface area contributed by atoms with E-state index in [2.05, 4.69) is 6.58 Å². The van der Waals surface area contributed by atoms with E-state index in [0.29, 0.717) is 0 Å². The lowest BCUT2D eigenvalue weighted by Crippen LogP contribution is -2.31. The van der Waals surface area contributed by atoms with Gasteiger partial charge in [0.1, 0.15) is 0 Å². The van der Waals surface area contributed by atoms with Gasteiger partial charge >= 0.3 is 0 Å². The topological polar surface area (TPSA) is 40.5 Å². The molecule has 2 unspecified atom stereocenters. The molecule has 2 heteroatoms. The van der Waals surface area contributed by atoms with Gasteiger partial charge in [0.25, 0.3) is 0 Å². The number of rotatable bonds is 2. The molecule has 0 spiro atoms. The van der Waals surface area contributed by atoms with E-state index in [4.69, 9.17) is 5.11 Å². The highest BCUT2D eigenvalue weighted by molar-refractivity contribution is 5.03. The van der Waals surface area contributed by atoms with Crippen LogP contribution in [0.5, 0.6) is 0 Å². The van der Waals surface area contributed by atoms with Crippen molar-refractivity contribution in [1.82, 2.24) is 0 Å². The van der Waals surface area contributed by atoms with Crippen LogP contribution in [0.1, 0.15) is 19.3 Å². The lowest BCUT2D eigenvalue weighted by atomic mass is 9.85. The summed E-state index contributed by atoms with van der Waals surface area (Å²) >= 11 is 0. The molecular weight excluding hydrogens is 128 g/mol. The fourth-order valence-corrected chi connectivity index (χ4v) is 1.57. The van der Waals surface area contributed by atoms with Crippen molar-refractivity contribution < 1.29 is 10.2 Å². The van der Waals surface area contributed by atoms with Crippen LogP contribution in [0, 0.1) is 5.41 Å². The molecule has 2 N–H and O–H groups in total. The zero-order valence-electron chi connectivity index (χ0n) is 6.08. The van der Waals surface area contributed by atoms with Crippen LogP contribution < -0.4 is 0 Å². The summed E-state index contributed by atoms with van der Waals surface area (Å²) in [4.78, 5) is 0. The molecule has 0 aromatic rings. The highest BCUT2D eigenvalue weighted by atomic mass is 16.3. The summed E-state index contributed by atoms with van der Waals surface area (Å²) in [5.74, 6) is 0. The molecule has 0 aromatic carbocycles. The molecule has 1 saturated carbocycles. The molecule has 1 aliphatic carbocycles. The van der Waals surface area contributed by atoms with Gasteiger partial charge in [-0.15, -0.1) is 6.58 Å². The molecule has 0 amide bonds. The van der Waals surface area contributed by atoms with E-state index in [-0.39, 0.29) is 18.1 Å². The van der Waals surface area contributed by atoms with E-state index in [1.807, 2.05) is 0 Å². The molecule has 0 saturated heterocycles. The molecule has 1 rings (SSSR count). The molecule has 1 fully saturated rings. The second kappa shape index (κ2) is 2.72. The Morgan fingerprint density at radius 3 is 2.60 bits per heavy atom. The van der Waals surface area contributed by atoms with Crippen LogP contribution in [0.25, 0.3) is 0 Å². The van der Waals surface area contributed by atoms with Gasteiger partial charge in [0.05, 0.1) is 12.7 Å². The van der Waals surface area contributed by atoms with Crippen LogP contribution in [-0.4, -0.2) is 22.9 Å². The fraction of sp³-hybridized carbons (Fsp3) is 0.750. The van der Waals surface area contributed by atoms with Crippen LogP contribution >= 0.6 is 0 Å². The quantitative estimate of drug-likeness (QED) is 0.557. The number of aliphatic hydroxyl groups is 2. The van der Waals surface area contributed by atoms with Crippen molar-refractivity contribution in [3.63, 3.8) is 0 Å². The molecular formula is C8H14O2. The molecule has 0 bridgehead atoms. The standard InChI is InChI=1S/C8H14O2/c1-2-8(6-9)5-3-4-7(8)10/h2,7,9-10H,1,3-6H2. The van der Waals surface area contributed by atoms with Gasteiger partial charge in [-0.05, 0) is 19.3 Å². The molecule has 2 atom stereocenters. The third-order valence-corrected chi connectivity index (χ3v) is 2.48. The summed E-state index contributed by atoms with van der Waals surface area (Å²) in [6.07, 6.45) is 3.97. The minimum atomic E-state index is -0.389. The summed E-state index contributed by atoms with van der Waals surface area (Å²) in [5.41, 5.74) is -0.389. The summed E-state index contributed by atoms with van der Waals surface area (Å²) in [5, 5.41) is 18.4. The highest BCUT2D eigenvalue weighted by Crippen LogP contribution is 2.38. The zero-order valence-corrected chi connectivity index (χ0v) is 6.08. The van der Waals surface area contributed by atoms with Crippen LogP contribution in [-0.2, 0) is 0 Å². The Morgan fingerprint density at radius 2 is 2.40 bits per heavy atom. The predicted molar refractivity (Wildman–Crippen MR) is 39.6 cm³/mol. The first-order valence-electron chi connectivity index (χ1n) is 3.68. The molecule has 0 aromatic heterocycles. The maximum Gasteiger partial charge on any atom is 0.0652 e. The average molecular weight is 142 g/mol. The Kier molecular flexibility index (Phi) is 2.11. The minimum absolute atomic E-state index is 0.0255. The largest absolute Gasteiger partial charge is 0.395 e. The average Bonchev–Trinajstić information content (AvgIpc) is 2.32. The van der Waals surface area contributed by atoms with E-state index < -0.39 is 0 Å². The van der Waals surface area contributed by atoms with Gasteiger partial charge in [0, 0.05) is 5.41 Å². The number of aliphatic hydroxyl groups excluding tert-OH is 2. The van der Waals surface area contributed by atoms with Crippen LogP contribution in [0.4, 0.5) is 0 Å². The van der Waals surface area contributed by atoms with Gasteiger partial charge in [-0.3, -0.25) is 0 Å². The van der Waals surface area contributed by atoms with Crippen LogP contribution in [0.2, 0.25) is 0 Å². The van der Waals surface area contributed by atoms with Crippen molar-refractivity contribution in [3.05, 3.63) is 12.7 Å². The third-order valence-electron chi connectivity index (χ3n) is 2.48. The number of hydrogen-bond acceptors (Lipinski definition) is 2. The Hall–Kier alpha value is -0.340. The molecule has 2 nitrogen and oxygen atoms in total. The fourth-order valence-electron chi connectivity index (χ4n) is 1.57. The Bertz CT molecular complexity index is 133. The van der Waals surface area contributed by atoms with E-state index in [1.54, 1.807) is 6.08 Å². The molecule has 1 aliphatic rings. The third kappa shape index (κ3) is 0.976. The van der Waals surface area contributed by atoms with Gasteiger partial charge in [-0.1, -0.05) is 6.08 Å². The van der Waals surface area contributed by atoms with E-state index >= 15 is 0 Å². The van der Waals surface area contributed by atoms with Crippen molar-refractivity contribution in [2.75, 3.05) is 6.61 Å². The first-order chi connectivity index (χ1) is 4.75. The van der Waals surface area contributed by atoms with Crippen molar-refractivity contribution in [2.45, 2.75) is 25.4 Å². The van der Waals surface area contributed by atoms with Gasteiger partial charge < -0.3 is 10.2 Å². The summed E-state index contributed by atoms with van der Waals surface area (Å²) in [6, 6.07) is 0. The predicted octanol–water partition coefficient (Wildman–Crippen LogP) is 0.696. The van der Waals surface area contributed by atoms with Crippen molar-refractivity contribution in [1.29, 1.82) is 0 Å². The minimum Gasteiger partial charge on any atom is -0.395 e. The molecule has 0 aliphatic heterocycles. The van der Waals surface area contributed by atoms with Crippen LogP contribution in [0.15, 0.2) is 12.7 Å². The molecule has 58 valence electrons. The maximum absolute atomic E-state index is 9.41. The summed E-state index contributed by atoms with van der Waals surface area (Å²) in [6.45, 7) is 3.64. The second-order valence-electron chi connectivity index (χ2n) is 3.00. The lowest BCUT2D eigenvalue weighted by Gasteiger charge is -2.25. The normalized spacial score (nSPS) is 40.0. The Balaban J connectivity index is 2.70. The molecule has 0 heterocycles. The second-order valence-corrected chi connectivity index (χ2v) is 3.00. The van der Waals surface area contributed by atoms with E-state index in [1.165, 1.54) is 0 Å². The Morgan fingerprint density at radius 1 is 1.70 bits per heavy atom. The van der Waals surface area contributed by atoms with Gasteiger partial charge in [0.15, 0.2) is 0 Å². The van der Waals surface area contributed by atoms with E-state index in [0.717, 1.165) is 19.3 Å². The Labute approximate surface area is 61.2 Å². The van der Waals surface area contributed by atoms with Gasteiger partial charge in [-0.2, -0.15) is 0 Å². The molecule has 10 heavy (non-hydrogen) atoms. The monoisotopic (exact) mass is 142 g/mol. The summed E-state index contributed by atoms with van der Waals surface area (Å²) in [7, 11) is 0. The first kappa shape index (κ1) is 7.76. The summed E-state index contributed by atoms with van der Waals surface area (Å²) < 4.78 is 0. The SMILES string of the molecule is C=CC1(CO)CCCC1O. The number of hydrogen-bond donors (Lipinski definition) is 2. The van der Waals surface area contributed by atoms with Crippen LogP contribution in [0.3, 0.4) is 0 Å². The van der Waals surface area contributed by atoms with E-state index in [9.17, 15) is 5.11 Å². The van der Waals surface area contributed by atoms with Gasteiger partial charge in [-0.25, -0.2) is 0 Å². The lowest BCUT2D eigenvalue weighted by molar-refractivity contribution is 0.0410. The zero-order chi connectivity index (χ0) is 7.61. The molecule has 0 radical (unpaired) electrons. The maximum atomic E-state index is 9.41. The van der Waals surface area contributed by atoms with Crippen molar-refractivity contribution in [2.24, 2.45) is 5.41 Å². The van der Waals surface area contributed by atoms with Crippen molar-refractivity contribution >= 4 is 0 Å². The van der Waals surface area contributed by atoms with Gasteiger partial charge in [0.2, 0.25) is 0 Å². The smallest absolute Gasteiger partial charge is 0.0652 e. The highest BCUT2D eigenvalue weighted by Gasteiger charge is 2.38.